The van der Waals surface area contributed by atoms with Crippen molar-refractivity contribution in [2.75, 3.05) is 38.3 Å². The molecule has 31 heavy (non-hydrogen) atoms. The molecule has 1 fully saturated rings. The standard InChI is InChI=1S/C26H29N3O2/c1-4-20-15-21-8-9-22(16-24(21)28-25(20)30-3)26(2,18-27)17-19-6-5-7-23(14-19)29-10-12-31-13-11-29/h5-9,14-16H,4,10-13,17H2,1-3H3. The largest absolute Gasteiger partial charge is 0.481 e. The van der Waals surface area contributed by atoms with E-state index < -0.39 is 5.41 Å². The molecule has 0 amide bonds. The molecule has 0 bridgehead atoms. The van der Waals surface area contributed by atoms with E-state index in [1.54, 1.807) is 7.11 Å². The summed E-state index contributed by atoms with van der Waals surface area (Å²) < 4.78 is 10.9. The first kappa shape index (κ1) is 21.1. The monoisotopic (exact) mass is 415 g/mol. The van der Waals surface area contributed by atoms with E-state index in [0.29, 0.717) is 12.3 Å². The number of methoxy groups -OCH3 is 1. The second-order valence-corrected chi connectivity index (χ2v) is 8.31. The van der Waals surface area contributed by atoms with Crippen LogP contribution in [0.4, 0.5) is 5.69 Å². The molecule has 1 atom stereocenters. The predicted molar refractivity (Wildman–Crippen MR) is 124 cm³/mol. The molecule has 5 heteroatoms. The van der Waals surface area contributed by atoms with Gasteiger partial charge in [-0.2, -0.15) is 5.26 Å². The lowest BCUT2D eigenvalue weighted by molar-refractivity contribution is 0.122. The number of hydrogen-bond acceptors (Lipinski definition) is 5. The molecule has 0 radical (unpaired) electrons. The van der Waals surface area contributed by atoms with Crippen LogP contribution in [0.2, 0.25) is 0 Å². The summed E-state index contributed by atoms with van der Waals surface area (Å²) in [5, 5.41) is 11.2. The Hall–Kier alpha value is -3.10. The maximum Gasteiger partial charge on any atom is 0.216 e. The van der Waals surface area contributed by atoms with E-state index in [9.17, 15) is 5.26 Å². The highest BCUT2D eigenvalue weighted by molar-refractivity contribution is 5.81. The zero-order valence-electron chi connectivity index (χ0n) is 18.5. The van der Waals surface area contributed by atoms with Gasteiger partial charge in [-0.25, -0.2) is 4.98 Å². The van der Waals surface area contributed by atoms with E-state index >= 15 is 0 Å². The molecule has 2 heterocycles. The molecule has 1 aliphatic rings. The first-order valence-corrected chi connectivity index (χ1v) is 10.9. The quantitative estimate of drug-likeness (QED) is 0.586. The van der Waals surface area contributed by atoms with E-state index in [-0.39, 0.29) is 0 Å². The molecule has 0 N–H and O–H groups in total. The van der Waals surface area contributed by atoms with Gasteiger partial charge >= 0.3 is 0 Å². The number of morpholine rings is 1. The van der Waals surface area contributed by atoms with E-state index in [1.165, 1.54) is 5.69 Å². The van der Waals surface area contributed by atoms with Crippen molar-refractivity contribution in [2.24, 2.45) is 0 Å². The van der Waals surface area contributed by atoms with Crippen LogP contribution in [0.25, 0.3) is 10.9 Å². The lowest BCUT2D eigenvalue weighted by Crippen LogP contribution is -2.36. The minimum absolute atomic E-state index is 0.636. The van der Waals surface area contributed by atoms with Gasteiger partial charge in [0, 0.05) is 29.7 Å². The van der Waals surface area contributed by atoms with Crippen molar-refractivity contribution in [3.8, 4) is 11.9 Å². The van der Waals surface area contributed by atoms with Crippen molar-refractivity contribution in [3.05, 3.63) is 65.2 Å². The first-order chi connectivity index (χ1) is 15.1. The molecular formula is C26H29N3O2. The molecule has 1 aromatic heterocycles. The molecule has 0 spiro atoms. The van der Waals surface area contributed by atoms with Crippen molar-refractivity contribution >= 4 is 16.6 Å². The Morgan fingerprint density at radius 1 is 1.16 bits per heavy atom. The Bertz CT molecular complexity index is 1120. The third kappa shape index (κ3) is 4.35. The number of fused-ring (bicyclic) bond motifs is 1. The number of rotatable bonds is 6. The van der Waals surface area contributed by atoms with E-state index in [0.717, 1.165) is 60.3 Å². The van der Waals surface area contributed by atoms with Gasteiger partial charge in [0.25, 0.3) is 0 Å². The van der Waals surface area contributed by atoms with Crippen LogP contribution in [0.3, 0.4) is 0 Å². The van der Waals surface area contributed by atoms with Gasteiger partial charge in [0.05, 0.1) is 37.3 Å². The van der Waals surface area contributed by atoms with E-state index in [1.807, 2.05) is 13.0 Å². The smallest absolute Gasteiger partial charge is 0.216 e. The van der Waals surface area contributed by atoms with Crippen LogP contribution in [0.5, 0.6) is 5.88 Å². The van der Waals surface area contributed by atoms with E-state index in [4.69, 9.17) is 14.5 Å². The van der Waals surface area contributed by atoms with Crippen molar-refractivity contribution in [2.45, 2.75) is 32.1 Å². The fourth-order valence-electron chi connectivity index (χ4n) is 4.27. The van der Waals surface area contributed by atoms with Crippen LogP contribution in [0, 0.1) is 11.3 Å². The summed E-state index contributed by atoms with van der Waals surface area (Å²) in [5.74, 6) is 0.657. The van der Waals surface area contributed by atoms with Crippen LogP contribution in [-0.4, -0.2) is 38.4 Å². The predicted octanol–water partition coefficient (Wildman–Crippen LogP) is 4.67. The van der Waals surface area contributed by atoms with Crippen LogP contribution in [0.1, 0.15) is 30.5 Å². The Labute approximate surface area is 184 Å². The number of ether oxygens (including phenoxy) is 2. The SMILES string of the molecule is CCc1cc2ccc(C(C)(C#N)Cc3cccc(N4CCOCC4)c3)cc2nc1OC. The average Bonchev–Trinajstić information content (AvgIpc) is 2.83. The Morgan fingerprint density at radius 3 is 2.68 bits per heavy atom. The number of pyridine rings is 1. The van der Waals surface area contributed by atoms with Gasteiger partial charge in [0.1, 0.15) is 0 Å². The minimum Gasteiger partial charge on any atom is -0.481 e. The number of hydrogen-bond donors (Lipinski definition) is 0. The van der Waals surface area contributed by atoms with Gasteiger partial charge in [0.2, 0.25) is 5.88 Å². The number of nitriles is 1. The maximum absolute atomic E-state index is 10.2. The number of aryl methyl sites for hydroxylation is 1. The molecule has 0 saturated carbocycles. The zero-order valence-corrected chi connectivity index (χ0v) is 18.5. The van der Waals surface area contributed by atoms with Gasteiger partial charge in [-0.05, 0) is 55.2 Å². The third-order valence-corrected chi connectivity index (χ3v) is 6.16. The van der Waals surface area contributed by atoms with Crippen molar-refractivity contribution in [1.29, 1.82) is 5.26 Å². The fourth-order valence-corrected chi connectivity index (χ4v) is 4.27. The lowest BCUT2D eigenvalue weighted by Gasteiger charge is -2.29. The summed E-state index contributed by atoms with van der Waals surface area (Å²) in [6, 6.07) is 19.4. The molecule has 5 nitrogen and oxygen atoms in total. The lowest BCUT2D eigenvalue weighted by atomic mass is 9.78. The van der Waals surface area contributed by atoms with E-state index in [2.05, 4.69) is 60.4 Å². The molecule has 160 valence electrons. The van der Waals surface area contributed by atoms with Gasteiger partial charge in [-0.15, -0.1) is 0 Å². The molecule has 0 aliphatic carbocycles. The van der Waals surface area contributed by atoms with Gasteiger partial charge in [0.15, 0.2) is 0 Å². The molecule has 2 aromatic carbocycles. The summed E-state index contributed by atoms with van der Waals surface area (Å²) in [6.07, 6.45) is 1.50. The molecule has 3 aromatic rings. The Morgan fingerprint density at radius 2 is 1.97 bits per heavy atom. The summed E-state index contributed by atoms with van der Waals surface area (Å²) in [4.78, 5) is 7.05. The van der Waals surface area contributed by atoms with Gasteiger partial charge < -0.3 is 14.4 Å². The summed E-state index contributed by atoms with van der Waals surface area (Å²) in [5.41, 5.74) is 4.60. The maximum atomic E-state index is 10.2. The van der Waals surface area contributed by atoms with Crippen LogP contribution in [0.15, 0.2) is 48.5 Å². The fraction of sp³-hybridized carbons (Fsp3) is 0.385. The third-order valence-electron chi connectivity index (χ3n) is 6.16. The summed E-state index contributed by atoms with van der Waals surface area (Å²) >= 11 is 0. The molecule has 1 saturated heterocycles. The normalized spacial score (nSPS) is 16.0. The van der Waals surface area contributed by atoms with Crippen LogP contribution >= 0.6 is 0 Å². The van der Waals surface area contributed by atoms with Gasteiger partial charge in [-0.3, -0.25) is 0 Å². The number of aromatic nitrogens is 1. The minimum atomic E-state index is -0.657. The van der Waals surface area contributed by atoms with Crippen LogP contribution < -0.4 is 9.64 Å². The van der Waals surface area contributed by atoms with Crippen molar-refractivity contribution < 1.29 is 9.47 Å². The summed E-state index contributed by atoms with van der Waals surface area (Å²) in [6.45, 7) is 7.42. The Balaban J connectivity index is 1.65. The van der Waals surface area contributed by atoms with Crippen molar-refractivity contribution in [3.63, 3.8) is 0 Å². The first-order valence-electron chi connectivity index (χ1n) is 10.9. The second-order valence-electron chi connectivity index (χ2n) is 8.31. The van der Waals surface area contributed by atoms with Crippen LogP contribution in [-0.2, 0) is 23.0 Å². The number of nitrogens with zero attached hydrogens (tertiary/aromatic N) is 3. The Kier molecular flexibility index (Phi) is 6.11. The van der Waals surface area contributed by atoms with Crippen molar-refractivity contribution in [1.82, 2.24) is 4.98 Å². The highest BCUT2D eigenvalue weighted by atomic mass is 16.5. The molecule has 4 rings (SSSR count). The molecule has 1 unspecified atom stereocenters. The summed E-state index contributed by atoms with van der Waals surface area (Å²) in [7, 11) is 1.65. The topological polar surface area (TPSA) is 58.4 Å². The number of anilines is 1. The average molecular weight is 416 g/mol. The second kappa shape index (κ2) is 8.95. The number of benzene rings is 2. The molecular weight excluding hydrogens is 386 g/mol. The highest BCUT2D eigenvalue weighted by Gasteiger charge is 2.28. The zero-order chi connectivity index (χ0) is 21.8. The highest BCUT2D eigenvalue weighted by Crippen LogP contribution is 2.32. The molecule has 1 aliphatic heterocycles. The van der Waals surface area contributed by atoms with Gasteiger partial charge in [-0.1, -0.05) is 31.2 Å².